The van der Waals surface area contributed by atoms with Gasteiger partial charge in [-0.25, -0.2) is 4.39 Å². The summed E-state index contributed by atoms with van der Waals surface area (Å²) in [5.41, 5.74) is 3.32. The number of rotatable bonds is 6. The van der Waals surface area contributed by atoms with Crippen LogP contribution in [0.15, 0.2) is 59.0 Å². The molecule has 0 aliphatic rings. The first-order valence-corrected chi connectivity index (χ1v) is 8.85. The topological polar surface area (TPSA) is 45.5 Å². The van der Waals surface area contributed by atoms with E-state index >= 15 is 0 Å². The zero-order valence-electron chi connectivity index (χ0n) is 15.8. The maximum absolute atomic E-state index is 13.8. The van der Waals surface area contributed by atoms with Crippen molar-refractivity contribution in [3.8, 4) is 11.3 Å². The molecule has 5 heteroatoms. The van der Waals surface area contributed by atoms with Crippen LogP contribution in [0.2, 0.25) is 0 Å². The van der Waals surface area contributed by atoms with Crippen LogP contribution in [-0.4, -0.2) is 20.0 Å². The van der Waals surface area contributed by atoms with E-state index < -0.39 is 0 Å². The molecule has 0 aliphatic carbocycles. The number of halogens is 1. The Morgan fingerprint density at radius 1 is 1.11 bits per heavy atom. The highest BCUT2D eigenvalue weighted by atomic mass is 19.1. The molecule has 4 nitrogen and oxygen atoms in total. The van der Waals surface area contributed by atoms with Crippen LogP contribution in [0.3, 0.4) is 0 Å². The third kappa shape index (κ3) is 4.56. The molecule has 3 aromatic rings. The summed E-state index contributed by atoms with van der Waals surface area (Å²) in [4.78, 5) is 14.3. The molecule has 1 heterocycles. The average Bonchev–Trinajstić information content (AvgIpc) is 3.10. The third-order valence-corrected chi connectivity index (χ3v) is 4.40. The summed E-state index contributed by atoms with van der Waals surface area (Å²) in [6, 6.07) is 15.9. The van der Waals surface area contributed by atoms with Crippen LogP contribution in [0.25, 0.3) is 11.3 Å². The normalized spacial score (nSPS) is 10.7. The van der Waals surface area contributed by atoms with Gasteiger partial charge in [-0.1, -0.05) is 12.1 Å². The van der Waals surface area contributed by atoms with E-state index in [0.717, 1.165) is 16.9 Å². The van der Waals surface area contributed by atoms with Gasteiger partial charge in [-0.2, -0.15) is 0 Å². The lowest BCUT2D eigenvalue weighted by molar-refractivity contribution is -0.116. The summed E-state index contributed by atoms with van der Waals surface area (Å²) >= 11 is 0. The molecule has 0 bridgehead atoms. The summed E-state index contributed by atoms with van der Waals surface area (Å²) in [6.45, 7) is 1.97. The summed E-state index contributed by atoms with van der Waals surface area (Å²) in [7, 11) is 3.96. The van der Waals surface area contributed by atoms with Gasteiger partial charge in [0.1, 0.15) is 17.3 Å². The molecule has 1 N–H and O–H groups in total. The molecule has 0 saturated carbocycles. The van der Waals surface area contributed by atoms with E-state index in [1.165, 1.54) is 6.07 Å². The van der Waals surface area contributed by atoms with E-state index in [1.54, 1.807) is 30.3 Å². The second kappa shape index (κ2) is 8.08. The van der Waals surface area contributed by atoms with Gasteiger partial charge in [0.15, 0.2) is 0 Å². The molecule has 2 aromatic carbocycles. The maximum Gasteiger partial charge on any atom is 0.224 e. The van der Waals surface area contributed by atoms with Gasteiger partial charge in [-0.15, -0.1) is 0 Å². The van der Waals surface area contributed by atoms with E-state index in [4.69, 9.17) is 4.42 Å². The first-order chi connectivity index (χ1) is 12.9. The fourth-order valence-corrected chi connectivity index (χ4v) is 2.83. The van der Waals surface area contributed by atoms with E-state index in [1.807, 2.05) is 44.1 Å². The number of amides is 1. The molecular formula is C22H23FN2O2. The van der Waals surface area contributed by atoms with Crippen molar-refractivity contribution < 1.29 is 13.6 Å². The number of hydrogen-bond donors (Lipinski definition) is 1. The van der Waals surface area contributed by atoms with E-state index in [-0.39, 0.29) is 11.7 Å². The van der Waals surface area contributed by atoms with Gasteiger partial charge in [-0.3, -0.25) is 4.79 Å². The van der Waals surface area contributed by atoms with Crippen molar-refractivity contribution in [2.45, 2.75) is 19.8 Å². The lowest BCUT2D eigenvalue weighted by atomic mass is 10.1. The van der Waals surface area contributed by atoms with Gasteiger partial charge in [0.05, 0.1) is 5.56 Å². The molecule has 0 saturated heterocycles. The molecule has 3 rings (SSSR count). The first kappa shape index (κ1) is 18.7. The predicted molar refractivity (Wildman–Crippen MR) is 107 cm³/mol. The molecule has 0 unspecified atom stereocenters. The Morgan fingerprint density at radius 2 is 1.89 bits per heavy atom. The number of hydrogen-bond acceptors (Lipinski definition) is 3. The van der Waals surface area contributed by atoms with Crippen LogP contribution in [-0.2, 0) is 11.2 Å². The summed E-state index contributed by atoms with van der Waals surface area (Å²) < 4.78 is 19.5. The first-order valence-electron chi connectivity index (χ1n) is 8.85. The highest BCUT2D eigenvalue weighted by molar-refractivity contribution is 5.91. The minimum Gasteiger partial charge on any atom is -0.461 e. The van der Waals surface area contributed by atoms with Gasteiger partial charge in [0.25, 0.3) is 0 Å². The van der Waals surface area contributed by atoms with Crippen molar-refractivity contribution in [2.75, 3.05) is 24.3 Å². The third-order valence-electron chi connectivity index (χ3n) is 4.40. The van der Waals surface area contributed by atoms with Crippen molar-refractivity contribution in [1.82, 2.24) is 0 Å². The standard InChI is InChI=1S/C22H23FN2O2/c1-15-14-16(25(2)3)8-11-20(15)24-22(26)13-10-17-9-12-21(27-17)18-6-4-5-7-19(18)23/h4-9,11-12,14H,10,13H2,1-3H3,(H,24,26). The van der Waals surface area contributed by atoms with Crippen LogP contribution < -0.4 is 10.2 Å². The fourth-order valence-electron chi connectivity index (χ4n) is 2.83. The second-order valence-corrected chi connectivity index (χ2v) is 6.69. The predicted octanol–water partition coefficient (Wildman–Crippen LogP) is 5.03. The maximum atomic E-state index is 13.8. The van der Waals surface area contributed by atoms with Gasteiger partial charge in [0.2, 0.25) is 5.91 Å². The number of anilines is 2. The van der Waals surface area contributed by atoms with Crippen molar-refractivity contribution >= 4 is 17.3 Å². The van der Waals surface area contributed by atoms with Crippen molar-refractivity contribution in [2.24, 2.45) is 0 Å². The van der Waals surface area contributed by atoms with Crippen LogP contribution in [0.4, 0.5) is 15.8 Å². The molecule has 140 valence electrons. The number of nitrogens with one attached hydrogen (secondary N) is 1. The van der Waals surface area contributed by atoms with Crippen molar-refractivity contribution in [3.63, 3.8) is 0 Å². The molecule has 0 atom stereocenters. The Hall–Kier alpha value is -3.08. The highest BCUT2D eigenvalue weighted by Crippen LogP contribution is 2.25. The zero-order valence-corrected chi connectivity index (χ0v) is 15.8. The van der Waals surface area contributed by atoms with E-state index in [2.05, 4.69) is 5.32 Å². The monoisotopic (exact) mass is 366 g/mol. The molecule has 27 heavy (non-hydrogen) atoms. The summed E-state index contributed by atoms with van der Waals surface area (Å²) in [5.74, 6) is 0.717. The number of aryl methyl sites for hydroxylation is 2. The smallest absolute Gasteiger partial charge is 0.224 e. The number of carbonyl (C=O) groups excluding carboxylic acids is 1. The number of nitrogens with zero attached hydrogens (tertiary/aromatic N) is 1. The molecule has 1 amide bonds. The lowest BCUT2D eigenvalue weighted by Crippen LogP contribution is -2.14. The molecule has 0 aliphatic heterocycles. The number of carbonyl (C=O) groups is 1. The summed E-state index contributed by atoms with van der Waals surface area (Å²) in [6.07, 6.45) is 0.744. The molecule has 1 aromatic heterocycles. The average molecular weight is 366 g/mol. The quantitative estimate of drug-likeness (QED) is 0.665. The van der Waals surface area contributed by atoms with Gasteiger partial charge in [-0.05, 0) is 55.0 Å². The Balaban J connectivity index is 1.59. The Kier molecular flexibility index (Phi) is 5.60. The van der Waals surface area contributed by atoms with Crippen molar-refractivity contribution in [3.05, 3.63) is 71.7 Å². The number of furan rings is 1. The Labute approximate surface area is 158 Å². The van der Waals surface area contributed by atoms with Crippen LogP contribution in [0, 0.1) is 12.7 Å². The molecule has 0 spiro atoms. The minimum absolute atomic E-state index is 0.0838. The Bertz CT molecular complexity index is 947. The molecular weight excluding hydrogens is 343 g/mol. The zero-order chi connectivity index (χ0) is 19.4. The second-order valence-electron chi connectivity index (χ2n) is 6.69. The van der Waals surface area contributed by atoms with Crippen LogP contribution in [0.5, 0.6) is 0 Å². The van der Waals surface area contributed by atoms with Crippen LogP contribution in [0.1, 0.15) is 17.7 Å². The Morgan fingerprint density at radius 3 is 2.59 bits per heavy atom. The highest BCUT2D eigenvalue weighted by Gasteiger charge is 2.11. The van der Waals surface area contributed by atoms with E-state index in [9.17, 15) is 9.18 Å². The number of benzene rings is 2. The molecule has 0 radical (unpaired) electrons. The van der Waals surface area contributed by atoms with Crippen molar-refractivity contribution in [1.29, 1.82) is 0 Å². The largest absolute Gasteiger partial charge is 0.461 e. The summed E-state index contributed by atoms with van der Waals surface area (Å²) in [5, 5.41) is 2.94. The lowest BCUT2D eigenvalue weighted by Gasteiger charge is -2.15. The SMILES string of the molecule is Cc1cc(N(C)C)ccc1NC(=O)CCc1ccc(-c2ccccc2F)o1. The fraction of sp³-hybridized carbons (Fsp3) is 0.227. The van der Waals surface area contributed by atoms with Gasteiger partial charge < -0.3 is 14.6 Å². The van der Waals surface area contributed by atoms with Gasteiger partial charge in [0, 0.05) is 38.3 Å². The van der Waals surface area contributed by atoms with Gasteiger partial charge >= 0.3 is 0 Å². The van der Waals surface area contributed by atoms with E-state index in [0.29, 0.717) is 29.9 Å². The van der Waals surface area contributed by atoms with Crippen LogP contribution >= 0.6 is 0 Å². The molecule has 0 fully saturated rings. The minimum atomic E-state index is -0.326.